The molecule has 0 saturated heterocycles. The number of rotatable bonds is 4. The SMILES string of the molecule is CCCC[Te]P(=O)(O)O. The second-order valence-corrected chi connectivity index (χ2v) is 10.4. The van der Waals surface area contributed by atoms with E-state index in [-0.39, 0.29) is 0 Å². The summed E-state index contributed by atoms with van der Waals surface area (Å²) < 4.78 is 11.0. The Bertz CT molecular complexity index is 110. The van der Waals surface area contributed by atoms with Gasteiger partial charge >= 0.3 is 64.3 Å². The van der Waals surface area contributed by atoms with Gasteiger partial charge in [0.2, 0.25) is 0 Å². The summed E-state index contributed by atoms with van der Waals surface area (Å²) in [5.74, 6) is 0. The number of unbranched alkanes of at least 4 members (excludes halogenated alkanes) is 1. The Morgan fingerprint density at radius 3 is 2.44 bits per heavy atom. The van der Waals surface area contributed by atoms with E-state index in [2.05, 4.69) is 0 Å². The Morgan fingerprint density at radius 2 is 2.11 bits per heavy atom. The molecule has 0 radical (unpaired) electrons. The van der Waals surface area contributed by atoms with Gasteiger partial charge in [0, 0.05) is 0 Å². The molecule has 0 saturated carbocycles. The van der Waals surface area contributed by atoms with Gasteiger partial charge in [0.1, 0.15) is 0 Å². The third kappa shape index (κ3) is 8.94. The van der Waals surface area contributed by atoms with E-state index in [0.717, 1.165) is 17.3 Å². The molecule has 0 rings (SSSR count). The van der Waals surface area contributed by atoms with Gasteiger partial charge in [0.15, 0.2) is 0 Å². The summed E-state index contributed by atoms with van der Waals surface area (Å²) in [5.41, 5.74) is 0. The Morgan fingerprint density at radius 1 is 1.56 bits per heavy atom. The number of hydrogen-bond donors (Lipinski definition) is 2. The molecule has 0 unspecified atom stereocenters. The van der Waals surface area contributed by atoms with Crippen LogP contribution < -0.4 is 0 Å². The predicted octanol–water partition coefficient (Wildman–Crippen LogP) is 1.00. The van der Waals surface area contributed by atoms with Crippen molar-refractivity contribution in [3.05, 3.63) is 0 Å². The summed E-state index contributed by atoms with van der Waals surface area (Å²) in [6.07, 6.45) is 2.00. The fraction of sp³-hybridized carbons (Fsp3) is 1.00. The summed E-state index contributed by atoms with van der Waals surface area (Å²) in [6.45, 7) is 2.02. The molecule has 0 aromatic carbocycles. The van der Waals surface area contributed by atoms with Gasteiger partial charge in [-0.15, -0.1) is 0 Å². The molecule has 0 heterocycles. The first-order valence-electron chi connectivity index (χ1n) is 2.76. The molecule has 5 heteroatoms. The van der Waals surface area contributed by atoms with E-state index in [1.54, 1.807) is 0 Å². The zero-order chi connectivity index (χ0) is 7.33. The minimum atomic E-state index is -3.57. The van der Waals surface area contributed by atoms with E-state index in [1.807, 2.05) is 6.92 Å². The minimum absolute atomic E-state index is 0.770. The summed E-state index contributed by atoms with van der Waals surface area (Å²) >= 11 is -1.02. The Hall–Kier alpha value is 0.940. The molecular weight excluding hydrogens is 255 g/mol. The predicted molar refractivity (Wildman–Crippen MR) is 37.5 cm³/mol. The average molecular weight is 266 g/mol. The van der Waals surface area contributed by atoms with Crippen LogP contribution in [0.1, 0.15) is 19.8 Å². The van der Waals surface area contributed by atoms with Crippen molar-refractivity contribution in [2.24, 2.45) is 0 Å². The van der Waals surface area contributed by atoms with Gasteiger partial charge in [-0.1, -0.05) is 0 Å². The van der Waals surface area contributed by atoms with Crippen molar-refractivity contribution >= 4 is 25.7 Å². The van der Waals surface area contributed by atoms with E-state index in [1.165, 1.54) is 0 Å². The Balaban J connectivity index is 3.18. The van der Waals surface area contributed by atoms with Crippen molar-refractivity contribution < 1.29 is 14.4 Å². The average Bonchev–Trinajstić information content (AvgIpc) is 1.63. The van der Waals surface area contributed by atoms with Crippen molar-refractivity contribution in [2.75, 3.05) is 0 Å². The van der Waals surface area contributed by atoms with Crippen LogP contribution in [0.3, 0.4) is 0 Å². The van der Waals surface area contributed by atoms with Gasteiger partial charge in [0.05, 0.1) is 0 Å². The van der Waals surface area contributed by atoms with Gasteiger partial charge < -0.3 is 0 Å². The van der Waals surface area contributed by atoms with Crippen molar-refractivity contribution in [3.8, 4) is 0 Å². The Kier molecular flexibility index (Phi) is 5.20. The fourth-order valence-electron chi connectivity index (χ4n) is 0.328. The van der Waals surface area contributed by atoms with Crippen LogP contribution in [-0.2, 0) is 4.57 Å². The monoisotopic (exact) mass is 268 g/mol. The van der Waals surface area contributed by atoms with E-state index in [9.17, 15) is 4.57 Å². The maximum absolute atomic E-state index is 10.3. The molecule has 0 atom stereocenters. The summed E-state index contributed by atoms with van der Waals surface area (Å²) in [5, 5.41) is -3.57. The first-order chi connectivity index (χ1) is 4.06. The molecule has 0 aromatic heterocycles. The van der Waals surface area contributed by atoms with Crippen molar-refractivity contribution in [2.45, 2.75) is 24.2 Å². The molecule has 56 valence electrons. The summed E-state index contributed by atoms with van der Waals surface area (Å²) in [7, 11) is 0. The molecule has 0 aliphatic heterocycles. The van der Waals surface area contributed by atoms with Gasteiger partial charge in [-0.25, -0.2) is 0 Å². The third-order valence-corrected chi connectivity index (χ3v) is 6.54. The molecular formula is C4H11O3PTe. The zero-order valence-corrected chi connectivity index (χ0v) is 8.50. The molecule has 0 amide bonds. The quantitative estimate of drug-likeness (QED) is 0.453. The molecule has 0 spiro atoms. The summed E-state index contributed by atoms with van der Waals surface area (Å²) in [6, 6.07) is 0. The van der Waals surface area contributed by atoms with Crippen LogP contribution in [0.25, 0.3) is 0 Å². The topological polar surface area (TPSA) is 57.5 Å². The summed E-state index contributed by atoms with van der Waals surface area (Å²) in [4.78, 5) is 16.8. The van der Waals surface area contributed by atoms with E-state index in [0.29, 0.717) is 0 Å². The second kappa shape index (κ2) is 4.71. The zero-order valence-electron chi connectivity index (χ0n) is 5.28. The molecule has 2 N–H and O–H groups in total. The molecule has 0 aliphatic rings. The molecule has 3 nitrogen and oxygen atoms in total. The van der Waals surface area contributed by atoms with E-state index in [4.69, 9.17) is 9.79 Å². The second-order valence-electron chi connectivity index (χ2n) is 1.68. The van der Waals surface area contributed by atoms with Crippen LogP contribution in [0.2, 0.25) is 4.47 Å². The standard InChI is InChI=1S/C4H11O3PTe/c1-2-3-4-9-8(5,6)7/h2-4H2,1H3,(H2,5,6,7). The van der Waals surface area contributed by atoms with Crippen LogP contribution in [0.5, 0.6) is 0 Å². The van der Waals surface area contributed by atoms with E-state index >= 15 is 0 Å². The van der Waals surface area contributed by atoms with E-state index < -0.39 is 25.7 Å². The maximum atomic E-state index is 10.3. The van der Waals surface area contributed by atoms with Crippen LogP contribution in [0, 0.1) is 0 Å². The van der Waals surface area contributed by atoms with Gasteiger partial charge in [-0.2, -0.15) is 0 Å². The molecule has 0 bridgehead atoms. The Labute approximate surface area is 64.4 Å². The third-order valence-electron chi connectivity index (χ3n) is 0.757. The van der Waals surface area contributed by atoms with Crippen LogP contribution in [-0.4, -0.2) is 30.2 Å². The van der Waals surface area contributed by atoms with Crippen LogP contribution in [0.4, 0.5) is 0 Å². The van der Waals surface area contributed by atoms with Crippen LogP contribution in [0.15, 0.2) is 0 Å². The van der Waals surface area contributed by atoms with Crippen molar-refractivity contribution in [3.63, 3.8) is 0 Å². The molecule has 9 heavy (non-hydrogen) atoms. The normalized spacial score (nSPS) is 11.9. The first-order valence-corrected chi connectivity index (χ1v) is 9.07. The van der Waals surface area contributed by atoms with Gasteiger partial charge in [0.25, 0.3) is 0 Å². The number of hydrogen-bond acceptors (Lipinski definition) is 1. The molecule has 0 fully saturated rings. The molecule has 0 aromatic rings. The van der Waals surface area contributed by atoms with Gasteiger partial charge in [-0.05, 0) is 0 Å². The van der Waals surface area contributed by atoms with Gasteiger partial charge in [-0.3, -0.25) is 0 Å². The first kappa shape index (κ1) is 9.94. The molecule has 0 aliphatic carbocycles. The van der Waals surface area contributed by atoms with Crippen molar-refractivity contribution in [1.29, 1.82) is 0 Å². The van der Waals surface area contributed by atoms with Crippen LogP contribution >= 0.6 is 5.29 Å². The van der Waals surface area contributed by atoms with Crippen molar-refractivity contribution in [1.82, 2.24) is 0 Å². The fourth-order valence-corrected chi connectivity index (χ4v) is 4.66.